The van der Waals surface area contributed by atoms with E-state index in [0.29, 0.717) is 0 Å². The van der Waals surface area contributed by atoms with Gasteiger partial charge in [0.1, 0.15) is 0 Å². The first-order valence-corrected chi connectivity index (χ1v) is 8.53. The Morgan fingerprint density at radius 2 is 1.52 bits per heavy atom. The van der Waals surface area contributed by atoms with Gasteiger partial charge in [-0.1, -0.05) is 72.8 Å². The van der Waals surface area contributed by atoms with E-state index in [1.54, 1.807) is 0 Å². The van der Waals surface area contributed by atoms with Crippen molar-refractivity contribution in [3.63, 3.8) is 0 Å². The second kappa shape index (κ2) is 5.99. The van der Waals surface area contributed by atoms with Crippen molar-refractivity contribution in [2.45, 2.75) is 6.04 Å². The molecule has 112 valence electrons. The predicted octanol–water partition coefficient (Wildman–Crippen LogP) is 5.77. The molecule has 1 aromatic heterocycles. The Hall–Kier alpha value is -2.42. The van der Waals surface area contributed by atoms with Crippen molar-refractivity contribution in [1.82, 2.24) is 0 Å². The van der Waals surface area contributed by atoms with E-state index in [0.717, 1.165) is 5.56 Å². The van der Waals surface area contributed by atoms with Gasteiger partial charge in [0.05, 0.1) is 0 Å². The Kier molecular flexibility index (Phi) is 3.70. The fourth-order valence-corrected chi connectivity index (χ4v) is 4.00. The highest BCUT2D eigenvalue weighted by Crippen LogP contribution is 2.34. The lowest BCUT2D eigenvalue weighted by atomic mass is 10.1. The Morgan fingerprint density at radius 1 is 0.783 bits per heavy atom. The molecule has 0 fully saturated rings. The smallest absolute Gasteiger partial charge is 0.0484 e. The highest BCUT2D eigenvalue weighted by Gasteiger charge is 2.04. The van der Waals surface area contributed by atoms with Gasteiger partial charge in [0.15, 0.2) is 0 Å². The molecule has 0 aliphatic carbocycles. The Balaban J connectivity index is 1.67. The molecule has 0 radical (unpaired) electrons. The third kappa shape index (κ3) is 2.79. The van der Waals surface area contributed by atoms with Crippen molar-refractivity contribution < 1.29 is 0 Å². The largest absolute Gasteiger partial charge is 0.321 e. The molecule has 3 aromatic carbocycles. The van der Waals surface area contributed by atoms with Gasteiger partial charge < -0.3 is 5.73 Å². The first kappa shape index (κ1) is 14.2. The van der Waals surface area contributed by atoms with E-state index in [4.69, 9.17) is 5.73 Å². The summed E-state index contributed by atoms with van der Waals surface area (Å²) in [6.45, 7) is 0. The molecule has 2 N–H and O–H groups in total. The number of rotatable bonds is 3. The van der Waals surface area contributed by atoms with E-state index in [1.165, 1.54) is 25.7 Å². The molecule has 4 aromatic rings. The van der Waals surface area contributed by atoms with Crippen molar-refractivity contribution in [2.75, 3.05) is 0 Å². The summed E-state index contributed by atoms with van der Waals surface area (Å²) in [5, 5.41) is 2.67. The molecule has 1 nitrogen and oxygen atoms in total. The predicted molar refractivity (Wildman–Crippen MR) is 102 cm³/mol. The second-order valence-corrected chi connectivity index (χ2v) is 6.73. The summed E-state index contributed by atoms with van der Waals surface area (Å²) >= 11 is 1.84. The van der Waals surface area contributed by atoms with Crippen LogP contribution in [-0.2, 0) is 0 Å². The summed E-state index contributed by atoms with van der Waals surface area (Å²) in [5.74, 6) is 0. The van der Waals surface area contributed by atoms with Crippen molar-refractivity contribution in [3.05, 3.63) is 90.0 Å². The fraction of sp³-hybridized carbons (Fsp3) is 0.0476. The maximum atomic E-state index is 6.23. The Bertz CT molecular complexity index is 983. The van der Waals surface area contributed by atoms with Crippen LogP contribution < -0.4 is 5.73 Å². The first-order valence-electron chi connectivity index (χ1n) is 7.71. The number of hydrogen-bond acceptors (Lipinski definition) is 2. The molecule has 4 rings (SSSR count). The molecule has 0 saturated carbocycles. The van der Waals surface area contributed by atoms with Crippen molar-refractivity contribution in [1.29, 1.82) is 0 Å². The highest BCUT2D eigenvalue weighted by molar-refractivity contribution is 7.25. The molecule has 0 spiro atoms. The van der Waals surface area contributed by atoms with Gasteiger partial charge in [-0.3, -0.25) is 0 Å². The van der Waals surface area contributed by atoms with Crippen LogP contribution in [0.5, 0.6) is 0 Å². The zero-order valence-corrected chi connectivity index (χ0v) is 13.5. The maximum Gasteiger partial charge on any atom is 0.0484 e. The summed E-state index contributed by atoms with van der Waals surface area (Å²) in [7, 11) is 0. The van der Waals surface area contributed by atoms with Crippen LogP contribution in [0.2, 0.25) is 0 Å². The third-order valence-electron chi connectivity index (χ3n) is 4.08. The minimum atomic E-state index is -0.0747. The fourth-order valence-electron chi connectivity index (χ4n) is 2.85. The number of nitrogens with two attached hydrogens (primary N) is 1. The molecule has 23 heavy (non-hydrogen) atoms. The van der Waals surface area contributed by atoms with Gasteiger partial charge in [-0.15, -0.1) is 11.3 Å². The van der Waals surface area contributed by atoms with Gasteiger partial charge in [0.2, 0.25) is 0 Å². The lowest BCUT2D eigenvalue weighted by molar-refractivity contribution is 0.916. The van der Waals surface area contributed by atoms with E-state index >= 15 is 0 Å². The van der Waals surface area contributed by atoms with Gasteiger partial charge in [0, 0.05) is 26.2 Å². The van der Waals surface area contributed by atoms with E-state index in [-0.39, 0.29) is 6.04 Å². The molecule has 1 heterocycles. The molecule has 0 aliphatic heterocycles. The monoisotopic (exact) mass is 315 g/mol. The Labute approximate surface area is 139 Å². The first-order chi connectivity index (χ1) is 11.3. The maximum absolute atomic E-state index is 6.23. The number of benzene rings is 3. The van der Waals surface area contributed by atoms with Crippen LogP contribution in [0, 0.1) is 0 Å². The Morgan fingerprint density at radius 3 is 2.39 bits per heavy atom. The molecule has 0 saturated heterocycles. The molecule has 0 amide bonds. The minimum Gasteiger partial charge on any atom is -0.321 e. The highest BCUT2D eigenvalue weighted by atomic mass is 32.1. The van der Waals surface area contributed by atoms with Gasteiger partial charge in [-0.05, 0) is 23.3 Å². The zero-order chi connectivity index (χ0) is 15.6. The summed E-state index contributed by atoms with van der Waals surface area (Å²) in [6, 6.07) is 25.3. The third-order valence-corrected chi connectivity index (χ3v) is 5.22. The number of hydrogen-bond donors (Lipinski definition) is 1. The summed E-state index contributed by atoms with van der Waals surface area (Å²) < 4.78 is 2.66. The van der Waals surface area contributed by atoms with Gasteiger partial charge in [-0.2, -0.15) is 0 Å². The zero-order valence-electron chi connectivity index (χ0n) is 12.6. The number of thiophene rings is 1. The summed E-state index contributed by atoms with van der Waals surface area (Å²) in [4.78, 5) is 0. The van der Waals surface area contributed by atoms with Crippen LogP contribution >= 0.6 is 11.3 Å². The molecular weight excluding hydrogens is 298 g/mol. The number of fused-ring (bicyclic) bond motifs is 3. The van der Waals surface area contributed by atoms with Gasteiger partial charge in [-0.25, -0.2) is 0 Å². The van der Waals surface area contributed by atoms with E-state index in [1.807, 2.05) is 29.5 Å². The molecule has 0 aliphatic rings. The van der Waals surface area contributed by atoms with Crippen molar-refractivity contribution in [2.24, 2.45) is 5.73 Å². The standard InChI is InChI=1S/C21H17NS/c22-19(16-6-2-1-3-7-16)13-11-15-10-12-18-17-8-4-5-9-20(17)23-21(18)14-15/h1-14,19H,22H2/b13-11+. The van der Waals surface area contributed by atoms with Crippen LogP contribution in [0.1, 0.15) is 17.2 Å². The average molecular weight is 315 g/mol. The van der Waals surface area contributed by atoms with Crippen LogP contribution in [0.25, 0.3) is 26.2 Å². The molecule has 1 atom stereocenters. The van der Waals surface area contributed by atoms with Crippen LogP contribution in [0.15, 0.2) is 78.9 Å². The van der Waals surface area contributed by atoms with Crippen molar-refractivity contribution in [3.8, 4) is 0 Å². The van der Waals surface area contributed by atoms with Crippen molar-refractivity contribution >= 4 is 37.6 Å². The normalized spacial score (nSPS) is 13.1. The minimum absolute atomic E-state index is 0.0747. The van der Waals surface area contributed by atoms with Gasteiger partial charge in [0.25, 0.3) is 0 Å². The molecule has 2 heteroatoms. The van der Waals surface area contributed by atoms with E-state index in [2.05, 4.69) is 66.7 Å². The molecular formula is C21H17NS. The quantitative estimate of drug-likeness (QED) is 0.510. The van der Waals surface area contributed by atoms with Crippen LogP contribution in [0.4, 0.5) is 0 Å². The molecule has 1 unspecified atom stereocenters. The van der Waals surface area contributed by atoms with Crippen LogP contribution in [0.3, 0.4) is 0 Å². The SMILES string of the molecule is NC(/C=C/c1ccc2c(c1)sc1ccccc12)c1ccccc1. The van der Waals surface area contributed by atoms with E-state index in [9.17, 15) is 0 Å². The van der Waals surface area contributed by atoms with E-state index < -0.39 is 0 Å². The summed E-state index contributed by atoms with van der Waals surface area (Å²) in [5.41, 5.74) is 8.55. The summed E-state index contributed by atoms with van der Waals surface area (Å²) in [6.07, 6.45) is 4.17. The topological polar surface area (TPSA) is 26.0 Å². The van der Waals surface area contributed by atoms with Gasteiger partial charge >= 0.3 is 0 Å². The lowest BCUT2D eigenvalue weighted by Gasteiger charge is -2.06. The molecule has 0 bridgehead atoms. The lowest BCUT2D eigenvalue weighted by Crippen LogP contribution is -2.06. The second-order valence-electron chi connectivity index (χ2n) is 5.65. The van der Waals surface area contributed by atoms with Crippen LogP contribution in [-0.4, -0.2) is 0 Å². The average Bonchev–Trinajstić information content (AvgIpc) is 2.98.